The van der Waals surface area contributed by atoms with E-state index < -0.39 is 0 Å². The van der Waals surface area contributed by atoms with Crippen LogP contribution in [0.3, 0.4) is 0 Å². The van der Waals surface area contributed by atoms with Crippen LogP contribution in [0.4, 0.5) is 0 Å². The maximum Gasteiger partial charge on any atom is 0.120 e. The van der Waals surface area contributed by atoms with Gasteiger partial charge in [-0.2, -0.15) is 0 Å². The van der Waals surface area contributed by atoms with Crippen LogP contribution in [-0.4, -0.2) is 15.6 Å². The molecule has 0 fully saturated rings. The van der Waals surface area contributed by atoms with Crippen molar-refractivity contribution in [3.8, 4) is 16.9 Å². The molecule has 0 saturated heterocycles. The van der Waals surface area contributed by atoms with Gasteiger partial charge in [0.15, 0.2) is 0 Å². The minimum absolute atomic E-state index is 0.177. The Bertz CT molecular complexity index is 548. The number of hydrogen-bond donors (Lipinski definition) is 0. The van der Waals surface area contributed by atoms with Gasteiger partial charge in [0.1, 0.15) is 17.7 Å². The Morgan fingerprint density at radius 1 is 0.895 bits per heavy atom. The van der Waals surface area contributed by atoms with Gasteiger partial charge in [-0.1, -0.05) is 12.1 Å². The smallest absolute Gasteiger partial charge is 0.120 e. The number of rotatable bonds is 2. The first-order valence-corrected chi connectivity index (χ1v) is 6.44. The minimum Gasteiger partial charge on any atom is -0.488 e. The van der Waals surface area contributed by atoms with Gasteiger partial charge in [-0.05, 0) is 52.3 Å². The lowest BCUT2D eigenvalue weighted by Crippen LogP contribution is -2.22. The molecule has 1 heterocycles. The Kier molecular flexibility index (Phi) is 3.56. The Labute approximate surface area is 114 Å². The second-order valence-electron chi connectivity index (χ2n) is 5.66. The number of hydrogen-bond acceptors (Lipinski definition) is 3. The maximum atomic E-state index is 5.82. The normalized spacial score (nSPS) is 11.4. The Morgan fingerprint density at radius 3 is 1.89 bits per heavy atom. The summed E-state index contributed by atoms with van der Waals surface area (Å²) in [5, 5.41) is 0. The van der Waals surface area contributed by atoms with Crippen LogP contribution in [0.25, 0.3) is 11.1 Å². The average molecular weight is 256 g/mol. The lowest BCUT2D eigenvalue weighted by Gasteiger charge is -2.21. The standard InChI is InChI=1S/C16H20N2O/c1-11-15(12(2)18-10-17-11)13-6-8-14(9-7-13)19-16(3,4)5/h6-10H,1-5H3. The van der Waals surface area contributed by atoms with Gasteiger partial charge in [-0.15, -0.1) is 0 Å². The Morgan fingerprint density at radius 2 is 1.42 bits per heavy atom. The van der Waals surface area contributed by atoms with E-state index in [0.29, 0.717) is 0 Å². The van der Waals surface area contributed by atoms with E-state index in [4.69, 9.17) is 4.74 Å². The van der Waals surface area contributed by atoms with Crippen LogP contribution < -0.4 is 4.74 Å². The molecule has 3 nitrogen and oxygen atoms in total. The van der Waals surface area contributed by atoms with Crippen LogP contribution in [0.2, 0.25) is 0 Å². The van der Waals surface area contributed by atoms with Crippen LogP contribution in [0.1, 0.15) is 32.2 Å². The van der Waals surface area contributed by atoms with Crippen molar-refractivity contribution in [2.45, 2.75) is 40.2 Å². The summed E-state index contributed by atoms with van der Waals surface area (Å²) in [7, 11) is 0. The van der Waals surface area contributed by atoms with Crippen molar-refractivity contribution in [2.75, 3.05) is 0 Å². The molecule has 0 aliphatic heterocycles. The summed E-state index contributed by atoms with van der Waals surface area (Å²) in [5.41, 5.74) is 4.04. The van der Waals surface area contributed by atoms with Crippen LogP contribution in [0.15, 0.2) is 30.6 Å². The third-order valence-corrected chi connectivity index (χ3v) is 2.79. The zero-order valence-corrected chi connectivity index (χ0v) is 12.2. The fourth-order valence-electron chi connectivity index (χ4n) is 2.05. The van der Waals surface area contributed by atoms with Crippen molar-refractivity contribution in [1.82, 2.24) is 9.97 Å². The second kappa shape index (κ2) is 5.00. The van der Waals surface area contributed by atoms with Gasteiger partial charge in [0.05, 0.1) is 0 Å². The summed E-state index contributed by atoms with van der Waals surface area (Å²) in [5.74, 6) is 0.878. The van der Waals surface area contributed by atoms with Crippen molar-refractivity contribution < 1.29 is 4.74 Å². The van der Waals surface area contributed by atoms with E-state index in [-0.39, 0.29) is 5.60 Å². The molecule has 2 aromatic rings. The number of benzene rings is 1. The molecule has 0 unspecified atom stereocenters. The molecule has 0 aliphatic rings. The lowest BCUT2D eigenvalue weighted by molar-refractivity contribution is 0.131. The van der Waals surface area contributed by atoms with Crippen molar-refractivity contribution in [3.63, 3.8) is 0 Å². The van der Waals surface area contributed by atoms with E-state index >= 15 is 0 Å². The molecule has 0 N–H and O–H groups in total. The predicted octanol–water partition coefficient (Wildman–Crippen LogP) is 3.94. The summed E-state index contributed by atoms with van der Waals surface area (Å²) < 4.78 is 5.82. The summed E-state index contributed by atoms with van der Waals surface area (Å²) >= 11 is 0. The zero-order chi connectivity index (χ0) is 14.0. The number of ether oxygens (including phenoxy) is 1. The van der Waals surface area contributed by atoms with Crippen molar-refractivity contribution in [3.05, 3.63) is 42.0 Å². The first kappa shape index (κ1) is 13.5. The molecule has 0 radical (unpaired) electrons. The van der Waals surface area contributed by atoms with E-state index in [2.05, 4.69) is 22.1 Å². The molecule has 0 amide bonds. The summed E-state index contributed by atoms with van der Waals surface area (Å²) in [4.78, 5) is 8.51. The maximum absolute atomic E-state index is 5.82. The number of aryl methyl sites for hydroxylation is 2. The third-order valence-electron chi connectivity index (χ3n) is 2.79. The predicted molar refractivity (Wildman–Crippen MR) is 77.3 cm³/mol. The molecular formula is C16H20N2O. The Hall–Kier alpha value is -1.90. The largest absolute Gasteiger partial charge is 0.488 e. The summed E-state index contributed by atoms with van der Waals surface area (Å²) in [6.45, 7) is 10.1. The molecular weight excluding hydrogens is 236 g/mol. The molecule has 2 rings (SSSR count). The monoisotopic (exact) mass is 256 g/mol. The van der Waals surface area contributed by atoms with E-state index in [1.807, 2.05) is 46.8 Å². The van der Waals surface area contributed by atoms with Gasteiger partial charge >= 0.3 is 0 Å². The van der Waals surface area contributed by atoms with Crippen LogP contribution in [-0.2, 0) is 0 Å². The van der Waals surface area contributed by atoms with Crippen LogP contribution >= 0.6 is 0 Å². The topological polar surface area (TPSA) is 35.0 Å². The van der Waals surface area contributed by atoms with E-state index in [9.17, 15) is 0 Å². The zero-order valence-electron chi connectivity index (χ0n) is 12.2. The highest BCUT2D eigenvalue weighted by Crippen LogP contribution is 2.27. The van der Waals surface area contributed by atoms with Crippen LogP contribution in [0, 0.1) is 13.8 Å². The van der Waals surface area contributed by atoms with Crippen LogP contribution in [0.5, 0.6) is 5.75 Å². The fraction of sp³-hybridized carbons (Fsp3) is 0.375. The molecule has 0 aliphatic carbocycles. The summed E-state index contributed by atoms with van der Waals surface area (Å²) in [6, 6.07) is 8.10. The lowest BCUT2D eigenvalue weighted by atomic mass is 10.0. The minimum atomic E-state index is -0.177. The van der Waals surface area contributed by atoms with Gasteiger partial charge in [-0.3, -0.25) is 0 Å². The number of aromatic nitrogens is 2. The molecule has 0 bridgehead atoms. The second-order valence-corrected chi connectivity index (χ2v) is 5.66. The summed E-state index contributed by atoms with van der Waals surface area (Å²) in [6.07, 6.45) is 1.60. The number of nitrogens with zero attached hydrogens (tertiary/aromatic N) is 2. The van der Waals surface area contributed by atoms with E-state index in [1.54, 1.807) is 6.33 Å². The molecule has 1 aromatic heterocycles. The molecule has 0 atom stereocenters. The Balaban J connectivity index is 2.33. The molecule has 0 saturated carbocycles. The van der Waals surface area contributed by atoms with Gasteiger partial charge in [-0.25, -0.2) is 9.97 Å². The molecule has 0 spiro atoms. The highest BCUT2D eigenvalue weighted by atomic mass is 16.5. The quantitative estimate of drug-likeness (QED) is 0.816. The molecule has 3 heteroatoms. The average Bonchev–Trinajstić information content (AvgIpc) is 2.29. The third kappa shape index (κ3) is 3.31. The van der Waals surface area contributed by atoms with Crippen molar-refractivity contribution in [1.29, 1.82) is 0 Å². The van der Waals surface area contributed by atoms with Crippen molar-refractivity contribution >= 4 is 0 Å². The van der Waals surface area contributed by atoms with Gasteiger partial charge in [0.2, 0.25) is 0 Å². The fourth-order valence-corrected chi connectivity index (χ4v) is 2.05. The van der Waals surface area contributed by atoms with Gasteiger partial charge in [0, 0.05) is 17.0 Å². The highest BCUT2D eigenvalue weighted by molar-refractivity contribution is 5.68. The SMILES string of the molecule is Cc1ncnc(C)c1-c1ccc(OC(C)(C)C)cc1. The molecule has 19 heavy (non-hydrogen) atoms. The van der Waals surface area contributed by atoms with Crippen molar-refractivity contribution in [2.24, 2.45) is 0 Å². The van der Waals surface area contributed by atoms with E-state index in [0.717, 1.165) is 28.3 Å². The molecule has 100 valence electrons. The van der Waals surface area contributed by atoms with Gasteiger partial charge < -0.3 is 4.74 Å². The van der Waals surface area contributed by atoms with Gasteiger partial charge in [0.25, 0.3) is 0 Å². The highest BCUT2D eigenvalue weighted by Gasteiger charge is 2.12. The van der Waals surface area contributed by atoms with E-state index in [1.165, 1.54) is 0 Å². The first-order chi connectivity index (χ1) is 8.87. The first-order valence-electron chi connectivity index (χ1n) is 6.44. The molecule has 1 aromatic carbocycles.